The van der Waals surface area contributed by atoms with Gasteiger partial charge < -0.3 is 14.6 Å². The maximum atomic E-state index is 9.67. The van der Waals surface area contributed by atoms with Crippen LogP contribution < -0.4 is 4.78 Å². The van der Waals surface area contributed by atoms with Crippen molar-refractivity contribution in [3.8, 4) is 5.00 Å². The van der Waals surface area contributed by atoms with Gasteiger partial charge >= 0.3 is 7.12 Å². The lowest BCUT2D eigenvalue weighted by Gasteiger charge is -2.32. The minimum atomic E-state index is -1.43. The van der Waals surface area contributed by atoms with Crippen molar-refractivity contribution < 1.29 is 10.0 Å². The van der Waals surface area contributed by atoms with Crippen LogP contribution in [0.15, 0.2) is 48.5 Å². The predicted molar refractivity (Wildman–Crippen MR) is 101 cm³/mol. The topological polar surface area (TPSA) is 45.4 Å². The molecule has 5 heteroatoms. The van der Waals surface area contributed by atoms with E-state index in [1.54, 1.807) is 0 Å². The summed E-state index contributed by atoms with van der Waals surface area (Å²) in [4.78, 5) is 0. The highest BCUT2D eigenvalue weighted by Gasteiger charge is 2.37. The van der Waals surface area contributed by atoms with Crippen molar-refractivity contribution in [1.82, 2.24) is 4.57 Å². The maximum absolute atomic E-state index is 9.67. The van der Waals surface area contributed by atoms with E-state index in [2.05, 4.69) is 60.9 Å². The molecule has 0 radical (unpaired) electrons. The van der Waals surface area contributed by atoms with Gasteiger partial charge in [0.2, 0.25) is 0 Å². The summed E-state index contributed by atoms with van der Waals surface area (Å²) in [5, 5.41) is 22.9. The number of hydrogen-bond donors (Lipinski definition) is 2. The van der Waals surface area contributed by atoms with Gasteiger partial charge in [-0.05, 0) is 23.3 Å². The lowest BCUT2D eigenvalue weighted by atomic mass is 9.75. The van der Waals surface area contributed by atoms with Crippen LogP contribution in [0.4, 0.5) is 0 Å². The molecular formula is C19H16BNO2S. The van der Waals surface area contributed by atoms with Crippen molar-refractivity contribution in [2.24, 2.45) is 0 Å². The zero-order valence-corrected chi connectivity index (χ0v) is 14.3. The third kappa shape index (κ3) is 1.59. The summed E-state index contributed by atoms with van der Waals surface area (Å²) in [6, 6.07) is 16.8. The highest BCUT2D eigenvalue weighted by atomic mass is 32.1. The average molecular weight is 333 g/mol. The van der Waals surface area contributed by atoms with E-state index in [0.717, 1.165) is 16.1 Å². The number of hydrogen-bond acceptors (Lipinski definition) is 3. The smallest absolute Gasteiger partial charge is 0.423 e. The van der Waals surface area contributed by atoms with Gasteiger partial charge in [0.05, 0.1) is 11.0 Å². The summed E-state index contributed by atoms with van der Waals surface area (Å²) in [6.07, 6.45) is 0. The molecule has 2 aromatic heterocycles. The number of fused-ring (bicyclic) bond motifs is 5. The molecule has 118 valence electrons. The number of thiophene rings is 1. The van der Waals surface area contributed by atoms with Gasteiger partial charge in [-0.1, -0.05) is 50.2 Å². The minimum absolute atomic E-state index is 0.178. The summed E-state index contributed by atoms with van der Waals surface area (Å²) in [7, 11) is -1.43. The molecule has 0 spiro atoms. The normalized spacial score (nSPS) is 15.0. The van der Waals surface area contributed by atoms with E-state index in [1.165, 1.54) is 33.2 Å². The summed E-state index contributed by atoms with van der Waals surface area (Å²) >= 11 is 1.46. The monoisotopic (exact) mass is 333 g/mol. The third-order valence-corrected chi connectivity index (χ3v) is 6.39. The summed E-state index contributed by atoms with van der Waals surface area (Å²) < 4.78 is 2.88. The first-order valence-electron chi connectivity index (χ1n) is 8.03. The molecule has 2 N–H and O–H groups in total. The first kappa shape index (κ1) is 14.3. The van der Waals surface area contributed by atoms with Crippen molar-refractivity contribution in [1.29, 1.82) is 0 Å². The highest BCUT2D eigenvalue weighted by Crippen LogP contribution is 2.48. The molecular weight excluding hydrogens is 317 g/mol. The van der Waals surface area contributed by atoms with Crippen LogP contribution >= 0.6 is 11.3 Å². The predicted octanol–water partition coefficient (Wildman–Crippen LogP) is 3.16. The van der Waals surface area contributed by atoms with Crippen LogP contribution in [0.1, 0.15) is 25.0 Å². The van der Waals surface area contributed by atoms with Crippen LogP contribution in [-0.4, -0.2) is 21.7 Å². The molecule has 4 aromatic rings. The molecule has 0 atom stereocenters. The van der Waals surface area contributed by atoms with Crippen molar-refractivity contribution in [2.75, 3.05) is 0 Å². The molecule has 5 rings (SSSR count). The SMILES string of the molecule is CC1(C)c2cc(B(O)O)sc2-n2c3ccccc3c3cccc1c32. The minimum Gasteiger partial charge on any atom is -0.423 e. The van der Waals surface area contributed by atoms with Crippen molar-refractivity contribution in [3.05, 3.63) is 59.7 Å². The van der Waals surface area contributed by atoms with E-state index in [-0.39, 0.29) is 5.41 Å². The molecule has 0 aliphatic carbocycles. The lowest BCUT2D eigenvalue weighted by molar-refractivity contribution is 0.427. The molecule has 0 bridgehead atoms. The van der Waals surface area contributed by atoms with E-state index in [1.807, 2.05) is 6.07 Å². The molecule has 3 heterocycles. The van der Waals surface area contributed by atoms with Crippen molar-refractivity contribution >= 4 is 45.0 Å². The van der Waals surface area contributed by atoms with Gasteiger partial charge in [0, 0.05) is 21.0 Å². The zero-order chi connectivity index (χ0) is 16.6. The Morgan fingerprint density at radius 1 is 0.958 bits per heavy atom. The fourth-order valence-electron chi connectivity index (χ4n) is 4.02. The highest BCUT2D eigenvalue weighted by molar-refractivity contribution is 7.24. The first-order chi connectivity index (χ1) is 11.5. The summed E-state index contributed by atoms with van der Waals surface area (Å²) in [5.41, 5.74) is 4.65. The molecule has 3 nitrogen and oxygen atoms in total. The standard InChI is InChI=1S/C19H16BNO2S/c1-19(2)13-8-5-7-12-11-6-3-4-9-15(11)21(17(12)13)18-14(19)10-16(24-18)20(22)23/h3-10,22-23H,1-2H3. The average Bonchev–Trinajstić information content (AvgIpc) is 3.14. The van der Waals surface area contributed by atoms with Gasteiger partial charge in [0.1, 0.15) is 5.00 Å². The van der Waals surface area contributed by atoms with Crippen LogP contribution in [-0.2, 0) is 5.41 Å². The Hall–Kier alpha value is -2.08. The second kappa shape index (κ2) is 4.51. The zero-order valence-electron chi connectivity index (χ0n) is 13.4. The molecule has 0 saturated heterocycles. The van der Waals surface area contributed by atoms with E-state index < -0.39 is 7.12 Å². The maximum Gasteiger partial charge on any atom is 0.499 e. The van der Waals surface area contributed by atoms with E-state index in [4.69, 9.17) is 0 Å². The fraction of sp³-hybridized carbons (Fsp3) is 0.158. The number of para-hydroxylation sites is 2. The molecule has 0 amide bonds. The Bertz CT molecular complexity index is 1120. The van der Waals surface area contributed by atoms with Gasteiger partial charge in [-0.3, -0.25) is 0 Å². The van der Waals surface area contributed by atoms with Gasteiger partial charge in [-0.2, -0.15) is 0 Å². The van der Waals surface area contributed by atoms with E-state index >= 15 is 0 Å². The van der Waals surface area contributed by atoms with Gasteiger partial charge in [-0.15, -0.1) is 11.3 Å². The number of benzene rings is 2. The number of aromatic nitrogens is 1. The number of nitrogens with zero attached hydrogens (tertiary/aromatic N) is 1. The van der Waals surface area contributed by atoms with Crippen LogP contribution in [0.2, 0.25) is 0 Å². The summed E-state index contributed by atoms with van der Waals surface area (Å²) in [6.45, 7) is 4.42. The Morgan fingerprint density at radius 3 is 2.50 bits per heavy atom. The second-order valence-electron chi connectivity index (χ2n) is 6.92. The number of rotatable bonds is 1. The van der Waals surface area contributed by atoms with Crippen LogP contribution in [0, 0.1) is 0 Å². The molecule has 0 fully saturated rings. The van der Waals surface area contributed by atoms with Gasteiger partial charge in [-0.25, -0.2) is 0 Å². The van der Waals surface area contributed by atoms with Gasteiger partial charge in [0.25, 0.3) is 0 Å². The Kier molecular flexibility index (Phi) is 2.68. The molecule has 24 heavy (non-hydrogen) atoms. The quantitative estimate of drug-likeness (QED) is 0.526. The first-order valence-corrected chi connectivity index (χ1v) is 8.85. The van der Waals surface area contributed by atoms with Crippen LogP contribution in [0.3, 0.4) is 0 Å². The fourth-order valence-corrected chi connectivity index (χ4v) is 5.23. The molecule has 1 aliphatic rings. The van der Waals surface area contributed by atoms with Crippen molar-refractivity contribution in [3.63, 3.8) is 0 Å². The van der Waals surface area contributed by atoms with Crippen LogP contribution in [0.25, 0.3) is 26.8 Å². The summed E-state index contributed by atoms with van der Waals surface area (Å²) in [5.74, 6) is 0. The molecule has 1 aliphatic heterocycles. The third-order valence-electron chi connectivity index (χ3n) is 5.23. The Morgan fingerprint density at radius 2 is 1.71 bits per heavy atom. The molecule has 0 saturated carbocycles. The molecule has 2 aromatic carbocycles. The molecule has 0 unspecified atom stereocenters. The van der Waals surface area contributed by atoms with Gasteiger partial charge in [0.15, 0.2) is 0 Å². The Balaban J connectivity index is 2.05. The van der Waals surface area contributed by atoms with Crippen LogP contribution in [0.5, 0.6) is 0 Å². The second-order valence-corrected chi connectivity index (χ2v) is 7.98. The largest absolute Gasteiger partial charge is 0.499 e. The van der Waals surface area contributed by atoms with E-state index in [0.29, 0.717) is 4.78 Å². The van der Waals surface area contributed by atoms with Crippen molar-refractivity contribution in [2.45, 2.75) is 19.3 Å². The lowest BCUT2D eigenvalue weighted by Crippen LogP contribution is -2.28. The van der Waals surface area contributed by atoms with E-state index in [9.17, 15) is 10.0 Å². The Labute approximate surface area is 143 Å².